The Balaban J connectivity index is 2.09. The Labute approximate surface area is 147 Å². The second-order valence-electron chi connectivity index (χ2n) is 5.98. The molecule has 0 amide bonds. The molecule has 3 aromatic rings. The van der Waals surface area contributed by atoms with E-state index in [0.717, 1.165) is 16.8 Å². The zero-order valence-corrected chi connectivity index (χ0v) is 14.3. The van der Waals surface area contributed by atoms with Gasteiger partial charge in [-0.2, -0.15) is 0 Å². The summed E-state index contributed by atoms with van der Waals surface area (Å²) in [4.78, 5) is 27.4. The molecule has 0 spiro atoms. The number of ketones is 2. The number of para-hydroxylation sites is 1. The third-order valence-corrected chi connectivity index (χ3v) is 4.09. The molecule has 0 aliphatic carbocycles. The Hall–Kier alpha value is -3.20. The topological polar surface area (TPSA) is 37.4 Å². The highest BCUT2D eigenvalue weighted by atomic mass is 16.2. The Bertz CT molecular complexity index is 914. The highest BCUT2D eigenvalue weighted by Crippen LogP contribution is 2.32. The number of benzene rings is 3. The lowest BCUT2D eigenvalue weighted by atomic mass is 9.92. The van der Waals surface area contributed by atoms with Gasteiger partial charge in [-0.25, -0.2) is 0 Å². The Morgan fingerprint density at radius 1 is 0.640 bits per heavy atom. The molecule has 0 saturated carbocycles. The molecular formula is C22H19NO2. The second-order valence-corrected chi connectivity index (χ2v) is 5.98. The average Bonchev–Trinajstić information content (AvgIpc) is 2.67. The lowest BCUT2D eigenvalue weighted by Crippen LogP contribution is -2.16. The van der Waals surface area contributed by atoms with E-state index in [4.69, 9.17) is 0 Å². The lowest BCUT2D eigenvalue weighted by Gasteiger charge is -2.19. The number of nitrogens with zero attached hydrogens (tertiary/aromatic N) is 1. The molecule has 0 fully saturated rings. The van der Waals surface area contributed by atoms with Crippen LogP contribution in [0.5, 0.6) is 0 Å². The summed E-state index contributed by atoms with van der Waals surface area (Å²) in [6, 6.07) is 23.8. The van der Waals surface area contributed by atoms with Gasteiger partial charge in [0.05, 0.1) is 0 Å². The predicted octanol–water partition coefficient (Wildman–Crippen LogP) is 4.49. The summed E-state index contributed by atoms with van der Waals surface area (Å²) in [6.45, 7) is 0. The zero-order chi connectivity index (χ0) is 17.8. The molecule has 0 aromatic heterocycles. The second kappa shape index (κ2) is 7.14. The van der Waals surface area contributed by atoms with E-state index in [1.165, 1.54) is 0 Å². The zero-order valence-electron chi connectivity index (χ0n) is 14.3. The molecule has 0 unspecified atom stereocenters. The molecule has 0 saturated heterocycles. The molecule has 3 aromatic carbocycles. The molecule has 0 heterocycles. The molecule has 3 heteroatoms. The van der Waals surface area contributed by atoms with Gasteiger partial charge in [-0.3, -0.25) is 9.59 Å². The van der Waals surface area contributed by atoms with Crippen LogP contribution in [0.4, 0.5) is 5.69 Å². The number of anilines is 1. The maximum atomic E-state index is 12.9. The minimum Gasteiger partial charge on any atom is -0.377 e. The monoisotopic (exact) mass is 329 g/mol. The first-order valence-electron chi connectivity index (χ1n) is 8.09. The fourth-order valence-corrected chi connectivity index (χ4v) is 2.85. The van der Waals surface area contributed by atoms with E-state index in [2.05, 4.69) is 0 Å². The summed E-state index contributed by atoms with van der Waals surface area (Å²) in [6.07, 6.45) is 0. The quantitative estimate of drug-likeness (QED) is 0.511. The summed E-state index contributed by atoms with van der Waals surface area (Å²) in [5.41, 5.74) is 3.52. The van der Waals surface area contributed by atoms with Gasteiger partial charge in [0.2, 0.25) is 11.6 Å². The molecule has 0 atom stereocenters. The number of rotatable bonds is 5. The molecule has 0 aliphatic rings. The van der Waals surface area contributed by atoms with Gasteiger partial charge in [-0.15, -0.1) is 0 Å². The van der Waals surface area contributed by atoms with Gasteiger partial charge in [0.1, 0.15) is 0 Å². The molecule has 0 bridgehead atoms. The van der Waals surface area contributed by atoms with Crippen LogP contribution < -0.4 is 4.90 Å². The van der Waals surface area contributed by atoms with Crippen LogP contribution in [0.25, 0.3) is 11.1 Å². The van der Waals surface area contributed by atoms with E-state index in [9.17, 15) is 9.59 Å². The van der Waals surface area contributed by atoms with Crippen molar-refractivity contribution >= 4 is 17.3 Å². The SMILES string of the molecule is CN(C)c1ccccc1-c1ccccc1C(=O)C(=O)c1ccccc1. The summed E-state index contributed by atoms with van der Waals surface area (Å²) < 4.78 is 0. The molecule has 3 rings (SSSR count). The minimum absolute atomic E-state index is 0.406. The van der Waals surface area contributed by atoms with Crippen molar-refractivity contribution < 1.29 is 9.59 Å². The van der Waals surface area contributed by atoms with Crippen molar-refractivity contribution in [2.45, 2.75) is 0 Å². The molecule has 0 N–H and O–H groups in total. The summed E-state index contributed by atoms with van der Waals surface area (Å²) in [5.74, 6) is -0.981. The van der Waals surface area contributed by atoms with Crippen molar-refractivity contribution in [1.82, 2.24) is 0 Å². The van der Waals surface area contributed by atoms with E-state index in [0.29, 0.717) is 11.1 Å². The van der Waals surface area contributed by atoms with Crippen LogP contribution in [0.3, 0.4) is 0 Å². The van der Waals surface area contributed by atoms with Crippen molar-refractivity contribution in [3.8, 4) is 11.1 Å². The predicted molar refractivity (Wildman–Crippen MR) is 101 cm³/mol. The first-order valence-corrected chi connectivity index (χ1v) is 8.09. The van der Waals surface area contributed by atoms with Crippen LogP contribution in [-0.2, 0) is 0 Å². The molecule has 124 valence electrons. The van der Waals surface area contributed by atoms with Crippen LogP contribution in [0.2, 0.25) is 0 Å². The van der Waals surface area contributed by atoms with E-state index in [1.54, 1.807) is 36.4 Å². The standard InChI is InChI=1S/C22H19NO2/c1-23(2)20-15-9-8-13-18(20)17-12-6-7-14-19(17)22(25)21(24)16-10-4-3-5-11-16/h3-15H,1-2H3. The van der Waals surface area contributed by atoms with E-state index in [-0.39, 0.29) is 0 Å². The normalized spacial score (nSPS) is 10.3. The molecular weight excluding hydrogens is 310 g/mol. The number of carbonyl (C=O) groups is 2. The Kier molecular flexibility index (Phi) is 4.75. The fourth-order valence-electron chi connectivity index (χ4n) is 2.85. The van der Waals surface area contributed by atoms with E-state index < -0.39 is 11.6 Å². The summed E-state index contributed by atoms with van der Waals surface area (Å²) in [5, 5.41) is 0. The third-order valence-electron chi connectivity index (χ3n) is 4.09. The van der Waals surface area contributed by atoms with Gasteiger partial charge in [0.15, 0.2) is 0 Å². The minimum atomic E-state index is -0.490. The highest BCUT2D eigenvalue weighted by molar-refractivity contribution is 6.50. The van der Waals surface area contributed by atoms with Crippen molar-refractivity contribution in [3.63, 3.8) is 0 Å². The summed E-state index contributed by atoms with van der Waals surface area (Å²) >= 11 is 0. The van der Waals surface area contributed by atoms with Gasteiger partial charge in [0, 0.05) is 36.5 Å². The van der Waals surface area contributed by atoms with Gasteiger partial charge >= 0.3 is 0 Å². The van der Waals surface area contributed by atoms with Gasteiger partial charge < -0.3 is 4.90 Å². The van der Waals surface area contributed by atoms with E-state index >= 15 is 0 Å². The van der Waals surface area contributed by atoms with Gasteiger partial charge in [-0.05, 0) is 11.6 Å². The smallest absolute Gasteiger partial charge is 0.234 e. The van der Waals surface area contributed by atoms with Crippen molar-refractivity contribution in [2.24, 2.45) is 0 Å². The van der Waals surface area contributed by atoms with Crippen LogP contribution in [0.1, 0.15) is 20.7 Å². The van der Waals surface area contributed by atoms with Crippen LogP contribution in [0, 0.1) is 0 Å². The molecule has 0 aliphatic heterocycles. The number of hydrogen-bond acceptors (Lipinski definition) is 3. The number of carbonyl (C=O) groups excluding carboxylic acids is 2. The summed E-state index contributed by atoms with van der Waals surface area (Å²) in [7, 11) is 3.91. The maximum absolute atomic E-state index is 12.9. The molecule has 0 radical (unpaired) electrons. The lowest BCUT2D eigenvalue weighted by molar-refractivity contribution is 0.0817. The first-order chi connectivity index (χ1) is 12.1. The Morgan fingerprint density at radius 3 is 1.88 bits per heavy atom. The van der Waals surface area contributed by atoms with Crippen LogP contribution >= 0.6 is 0 Å². The molecule has 25 heavy (non-hydrogen) atoms. The van der Waals surface area contributed by atoms with Crippen molar-refractivity contribution in [2.75, 3.05) is 19.0 Å². The fraction of sp³-hybridized carbons (Fsp3) is 0.0909. The van der Waals surface area contributed by atoms with Gasteiger partial charge in [-0.1, -0.05) is 72.8 Å². The van der Waals surface area contributed by atoms with E-state index in [1.807, 2.05) is 61.5 Å². The maximum Gasteiger partial charge on any atom is 0.234 e. The highest BCUT2D eigenvalue weighted by Gasteiger charge is 2.22. The first kappa shape index (κ1) is 16.7. The molecule has 3 nitrogen and oxygen atoms in total. The number of hydrogen-bond donors (Lipinski definition) is 0. The average molecular weight is 329 g/mol. The third kappa shape index (κ3) is 3.36. The van der Waals surface area contributed by atoms with Crippen molar-refractivity contribution in [1.29, 1.82) is 0 Å². The van der Waals surface area contributed by atoms with Crippen LogP contribution in [-0.4, -0.2) is 25.7 Å². The number of Topliss-reactive ketones (excluding diaryl/α,β-unsaturated/α-hetero) is 2. The largest absolute Gasteiger partial charge is 0.377 e. The van der Waals surface area contributed by atoms with Gasteiger partial charge in [0.25, 0.3) is 0 Å². The Morgan fingerprint density at radius 2 is 1.20 bits per heavy atom. The van der Waals surface area contributed by atoms with Crippen molar-refractivity contribution in [3.05, 3.63) is 90.0 Å². The van der Waals surface area contributed by atoms with Crippen LogP contribution in [0.15, 0.2) is 78.9 Å².